The number of nitrogens with one attached hydrogen (secondary N) is 1. The number of benzene rings is 2. The summed E-state index contributed by atoms with van der Waals surface area (Å²) in [4.78, 5) is 35.2. The molecule has 1 amide bonds. The van der Waals surface area contributed by atoms with Crippen molar-refractivity contribution in [2.24, 2.45) is 0 Å². The minimum absolute atomic E-state index is 0.000830. The maximum absolute atomic E-state index is 13.0. The summed E-state index contributed by atoms with van der Waals surface area (Å²) in [7, 11) is -3.75. The Morgan fingerprint density at radius 3 is 2.39 bits per heavy atom. The van der Waals surface area contributed by atoms with Crippen molar-refractivity contribution in [3.8, 4) is 0 Å². The molecule has 33 heavy (non-hydrogen) atoms. The number of anilines is 1. The molecular formula is C22H25N3O7S. The lowest BCUT2D eigenvalue weighted by Crippen LogP contribution is -2.32. The van der Waals surface area contributed by atoms with Crippen molar-refractivity contribution in [3.05, 3.63) is 64.2 Å². The number of rotatable bonds is 7. The van der Waals surface area contributed by atoms with Crippen molar-refractivity contribution >= 4 is 33.3 Å². The van der Waals surface area contributed by atoms with Gasteiger partial charge in [-0.25, -0.2) is 13.2 Å². The Bertz CT molecular complexity index is 1140. The van der Waals surface area contributed by atoms with Gasteiger partial charge in [0, 0.05) is 30.9 Å². The highest BCUT2D eigenvalue weighted by atomic mass is 32.2. The summed E-state index contributed by atoms with van der Waals surface area (Å²) in [6.45, 7) is 2.22. The summed E-state index contributed by atoms with van der Waals surface area (Å²) in [5.74, 6) is -1.54. The normalized spacial score (nSPS) is 15.8. The highest BCUT2D eigenvalue weighted by molar-refractivity contribution is 7.89. The smallest absolute Gasteiger partial charge is 0.338 e. The van der Waals surface area contributed by atoms with Crippen LogP contribution in [-0.2, 0) is 19.6 Å². The lowest BCUT2D eigenvalue weighted by atomic mass is 10.2. The van der Waals surface area contributed by atoms with Gasteiger partial charge in [0.25, 0.3) is 11.6 Å². The quantitative estimate of drug-likeness (QED) is 0.368. The molecule has 1 aliphatic rings. The van der Waals surface area contributed by atoms with Gasteiger partial charge in [0.1, 0.15) is 0 Å². The van der Waals surface area contributed by atoms with E-state index in [1.807, 2.05) is 0 Å². The van der Waals surface area contributed by atoms with Crippen LogP contribution in [0.15, 0.2) is 53.4 Å². The fraction of sp³-hybridized carbons (Fsp3) is 0.364. The van der Waals surface area contributed by atoms with E-state index in [4.69, 9.17) is 4.74 Å². The number of non-ortho nitro benzene ring substituents is 1. The van der Waals surface area contributed by atoms with Crippen LogP contribution < -0.4 is 5.32 Å². The monoisotopic (exact) mass is 475 g/mol. The van der Waals surface area contributed by atoms with Gasteiger partial charge in [-0.15, -0.1) is 0 Å². The molecule has 1 fully saturated rings. The predicted octanol–water partition coefficient (Wildman–Crippen LogP) is 3.34. The van der Waals surface area contributed by atoms with Crippen LogP contribution >= 0.6 is 0 Å². The fourth-order valence-electron chi connectivity index (χ4n) is 3.44. The molecular weight excluding hydrogens is 450 g/mol. The van der Waals surface area contributed by atoms with Crippen LogP contribution in [0.3, 0.4) is 0 Å². The first-order valence-corrected chi connectivity index (χ1v) is 12.0. The molecule has 0 spiro atoms. The molecule has 176 valence electrons. The molecule has 1 N–H and O–H groups in total. The molecule has 2 aromatic carbocycles. The average molecular weight is 476 g/mol. The Kier molecular flexibility index (Phi) is 7.77. The lowest BCUT2D eigenvalue weighted by Gasteiger charge is -2.20. The molecule has 0 aromatic heterocycles. The van der Waals surface area contributed by atoms with Gasteiger partial charge >= 0.3 is 5.97 Å². The van der Waals surface area contributed by atoms with E-state index in [9.17, 15) is 28.1 Å². The zero-order valence-electron chi connectivity index (χ0n) is 18.1. The van der Waals surface area contributed by atoms with Gasteiger partial charge in [0.15, 0.2) is 6.10 Å². The van der Waals surface area contributed by atoms with E-state index < -0.39 is 32.9 Å². The summed E-state index contributed by atoms with van der Waals surface area (Å²) in [6.07, 6.45) is 2.32. The lowest BCUT2D eigenvalue weighted by molar-refractivity contribution is -0.384. The van der Waals surface area contributed by atoms with Crippen LogP contribution in [0.1, 0.15) is 43.0 Å². The Morgan fingerprint density at radius 1 is 1.06 bits per heavy atom. The second-order valence-corrected chi connectivity index (χ2v) is 9.63. The third-order valence-corrected chi connectivity index (χ3v) is 7.14. The van der Waals surface area contributed by atoms with Crippen molar-refractivity contribution in [1.82, 2.24) is 4.31 Å². The van der Waals surface area contributed by atoms with Gasteiger partial charge < -0.3 is 10.1 Å². The summed E-state index contributed by atoms with van der Waals surface area (Å²) in [5, 5.41) is 13.3. The van der Waals surface area contributed by atoms with Crippen molar-refractivity contribution in [2.45, 2.75) is 43.6 Å². The topological polar surface area (TPSA) is 136 Å². The number of carbonyl (C=O) groups is 2. The minimum atomic E-state index is -3.75. The molecule has 2 aromatic rings. The molecule has 0 saturated carbocycles. The van der Waals surface area contributed by atoms with Crippen LogP contribution in [0.25, 0.3) is 0 Å². The molecule has 0 aliphatic carbocycles. The Morgan fingerprint density at radius 2 is 1.73 bits per heavy atom. The molecule has 1 saturated heterocycles. The van der Waals surface area contributed by atoms with E-state index in [0.717, 1.165) is 25.7 Å². The molecule has 1 heterocycles. The minimum Gasteiger partial charge on any atom is -0.449 e. The fourth-order valence-corrected chi connectivity index (χ4v) is 5.00. The van der Waals surface area contributed by atoms with Crippen molar-refractivity contribution < 1.29 is 27.7 Å². The molecule has 0 unspecified atom stereocenters. The number of ether oxygens (including phenoxy) is 1. The second kappa shape index (κ2) is 10.5. The van der Waals surface area contributed by atoms with E-state index in [1.54, 1.807) is 0 Å². The Labute approximate surface area is 191 Å². The summed E-state index contributed by atoms with van der Waals surface area (Å²) in [6, 6.07) is 10.9. The largest absolute Gasteiger partial charge is 0.449 e. The summed E-state index contributed by atoms with van der Waals surface area (Å²) >= 11 is 0. The van der Waals surface area contributed by atoms with Gasteiger partial charge in [-0.3, -0.25) is 14.9 Å². The van der Waals surface area contributed by atoms with Crippen molar-refractivity contribution in [1.29, 1.82) is 0 Å². The third kappa shape index (κ3) is 6.14. The van der Waals surface area contributed by atoms with E-state index >= 15 is 0 Å². The maximum atomic E-state index is 13.0. The molecule has 1 atom stereocenters. The zero-order valence-corrected chi connectivity index (χ0v) is 18.9. The van der Waals surface area contributed by atoms with Gasteiger partial charge in [-0.05, 0) is 44.0 Å². The van der Waals surface area contributed by atoms with Crippen LogP contribution in [0.4, 0.5) is 11.4 Å². The first kappa shape index (κ1) is 24.3. The number of hydrogen-bond donors (Lipinski definition) is 1. The summed E-state index contributed by atoms with van der Waals surface area (Å²) < 4.78 is 32.6. The zero-order chi connectivity index (χ0) is 24.0. The van der Waals surface area contributed by atoms with Gasteiger partial charge in [-0.1, -0.05) is 25.0 Å². The number of nitro groups is 1. The maximum Gasteiger partial charge on any atom is 0.338 e. The summed E-state index contributed by atoms with van der Waals surface area (Å²) in [5.41, 5.74) is -0.0107. The van der Waals surface area contributed by atoms with Crippen molar-refractivity contribution in [2.75, 3.05) is 18.4 Å². The highest BCUT2D eigenvalue weighted by Gasteiger charge is 2.27. The molecule has 10 nitrogen and oxygen atoms in total. The highest BCUT2D eigenvalue weighted by Crippen LogP contribution is 2.22. The number of nitrogens with zero attached hydrogens (tertiary/aromatic N) is 2. The van der Waals surface area contributed by atoms with Gasteiger partial charge in [0.2, 0.25) is 10.0 Å². The van der Waals surface area contributed by atoms with E-state index in [1.165, 1.54) is 59.8 Å². The number of carbonyl (C=O) groups excluding carboxylic acids is 2. The van der Waals surface area contributed by atoms with Crippen LogP contribution in [0, 0.1) is 10.1 Å². The molecule has 1 aliphatic heterocycles. The third-order valence-electron chi connectivity index (χ3n) is 5.25. The van der Waals surface area contributed by atoms with Crippen molar-refractivity contribution in [3.63, 3.8) is 0 Å². The average Bonchev–Trinajstić information content (AvgIpc) is 3.09. The van der Waals surface area contributed by atoms with Gasteiger partial charge in [-0.2, -0.15) is 4.31 Å². The number of nitro benzene ring substituents is 1. The first-order valence-electron chi connectivity index (χ1n) is 10.5. The Balaban J connectivity index is 1.68. The van der Waals surface area contributed by atoms with E-state index in [0.29, 0.717) is 13.1 Å². The number of hydrogen-bond acceptors (Lipinski definition) is 7. The number of sulfonamides is 1. The standard InChI is InChI=1S/C22H25N3O7S/c1-16(21(26)23-18-9-7-10-19(15-18)25(28)29)32-22(27)17-8-6-11-20(14-17)33(30,31)24-12-4-2-3-5-13-24/h6-11,14-16H,2-5,12-13H2,1H3,(H,23,26)/t16-/m0/s1. The van der Waals surface area contributed by atoms with E-state index in [2.05, 4.69) is 5.32 Å². The Hall–Kier alpha value is -3.31. The second-order valence-electron chi connectivity index (χ2n) is 7.69. The number of amides is 1. The molecule has 3 rings (SSSR count). The van der Waals surface area contributed by atoms with Crippen LogP contribution in [0.5, 0.6) is 0 Å². The first-order chi connectivity index (χ1) is 15.7. The van der Waals surface area contributed by atoms with Gasteiger partial charge in [0.05, 0.1) is 15.4 Å². The number of esters is 1. The molecule has 0 bridgehead atoms. The predicted molar refractivity (Wildman–Crippen MR) is 120 cm³/mol. The SMILES string of the molecule is C[C@H](OC(=O)c1cccc(S(=O)(=O)N2CCCCCC2)c1)C(=O)Nc1cccc([N+](=O)[O-])c1. The van der Waals surface area contributed by atoms with Crippen LogP contribution in [-0.4, -0.2) is 48.7 Å². The molecule has 11 heteroatoms. The van der Waals surface area contributed by atoms with E-state index in [-0.39, 0.29) is 21.8 Å². The molecule has 0 radical (unpaired) electrons. The van der Waals surface area contributed by atoms with Crippen LogP contribution in [0.2, 0.25) is 0 Å².